The normalized spacial score (nSPS) is 16.3. The summed E-state index contributed by atoms with van der Waals surface area (Å²) in [4.78, 5) is 31.2. The lowest BCUT2D eigenvalue weighted by Gasteiger charge is -2.18. The van der Waals surface area contributed by atoms with E-state index in [1.54, 1.807) is 12.1 Å². The molecule has 0 unspecified atom stereocenters. The Kier molecular flexibility index (Phi) is 3.54. The molecular weight excluding hydrogens is 324 g/mol. The van der Waals surface area contributed by atoms with Crippen LogP contribution in [0.3, 0.4) is 0 Å². The Labute approximate surface area is 142 Å². The van der Waals surface area contributed by atoms with Gasteiger partial charge < -0.3 is 10.0 Å². The highest BCUT2D eigenvalue weighted by molar-refractivity contribution is 7.16. The molecular formula is C18H14N2O3S. The lowest BCUT2D eigenvalue weighted by molar-refractivity contribution is 0.0701. The van der Waals surface area contributed by atoms with Crippen molar-refractivity contribution in [2.45, 2.75) is 0 Å². The fourth-order valence-electron chi connectivity index (χ4n) is 3.06. The van der Waals surface area contributed by atoms with Crippen molar-refractivity contribution >= 4 is 28.9 Å². The molecule has 2 aromatic rings. The molecule has 1 N–H and O–H groups in total. The molecule has 0 atom stereocenters. The molecule has 5 nitrogen and oxygen atoms in total. The first-order valence-electron chi connectivity index (χ1n) is 7.57. The summed E-state index contributed by atoms with van der Waals surface area (Å²) >= 11 is 1.23. The number of rotatable bonds is 3. The quantitative estimate of drug-likeness (QED) is 0.935. The van der Waals surface area contributed by atoms with E-state index in [0.717, 1.165) is 21.7 Å². The second-order valence-electron chi connectivity index (χ2n) is 5.74. The summed E-state index contributed by atoms with van der Waals surface area (Å²) in [5, 5.41) is 9.07. The molecule has 1 aromatic carbocycles. The van der Waals surface area contributed by atoms with E-state index in [1.165, 1.54) is 11.3 Å². The summed E-state index contributed by atoms with van der Waals surface area (Å²) in [6.07, 6.45) is 0. The molecule has 0 saturated carbocycles. The molecule has 3 heterocycles. The second kappa shape index (κ2) is 5.72. The largest absolute Gasteiger partial charge is 0.477 e. The van der Waals surface area contributed by atoms with Crippen LogP contribution in [0.1, 0.15) is 24.9 Å². The summed E-state index contributed by atoms with van der Waals surface area (Å²) in [5.74, 6) is -0.909. The van der Waals surface area contributed by atoms with E-state index in [-0.39, 0.29) is 5.91 Å². The third kappa shape index (κ3) is 2.45. The van der Waals surface area contributed by atoms with Gasteiger partial charge in [0, 0.05) is 24.2 Å². The van der Waals surface area contributed by atoms with Crippen molar-refractivity contribution in [1.82, 2.24) is 4.90 Å². The molecule has 2 aliphatic rings. The third-order valence-corrected chi connectivity index (χ3v) is 5.31. The molecule has 120 valence electrons. The molecule has 0 saturated heterocycles. The number of amides is 1. The Morgan fingerprint density at radius 1 is 1.08 bits per heavy atom. The lowest BCUT2D eigenvalue weighted by atomic mass is 10.1. The van der Waals surface area contributed by atoms with Crippen LogP contribution in [0.25, 0.3) is 0 Å². The van der Waals surface area contributed by atoms with Crippen LogP contribution in [-0.2, 0) is 0 Å². The van der Waals surface area contributed by atoms with Crippen LogP contribution in [0.5, 0.6) is 0 Å². The van der Waals surface area contributed by atoms with Crippen molar-refractivity contribution in [3.05, 3.63) is 68.9 Å². The number of benzene rings is 1. The van der Waals surface area contributed by atoms with Crippen LogP contribution in [0, 0.1) is 0 Å². The van der Waals surface area contributed by atoms with Gasteiger partial charge in [-0.3, -0.25) is 9.79 Å². The van der Waals surface area contributed by atoms with E-state index in [1.807, 2.05) is 35.2 Å². The Bertz CT molecular complexity index is 896. The lowest BCUT2D eigenvalue weighted by Crippen LogP contribution is -2.30. The molecule has 1 aromatic heterocycles. The maximum atomic E-state index is 12.6. The van der Waals surface area contributed by atoms with E-state index >= 15 is 0 Å². The van der Waals surface area contributed by atoms with Crippen LogP contribution >= 0.6 is 11.3 Å². The number of aliphatic imine (C=N–C) groups is 1. The number of carbonyl (C=O) groups excluding carboxylic acids is 1. The number of carboxylic acids is 1. The van der Waals surface area contributed by atoms with Crippen molar-refractivity contribution in [3.8, 4) is 0 Å². The highest BCUT2D eigenvalue weighted by atomic mass is 32.1. The van der Waals surface area contributed by atoms with Crippen molar-refractivity contribution in [2.24, 2.45) is 4.99 Å². The van der Waals surface area contributed by atoms with Crippen molar-refractivity contribution in [3.63, 3.8) is 0 Å². The molecule has 2 aliphatic heterocycles. The fourth-order valence-corrected chi connectivity index (χ4v) is 3.94. The highest BCUT2D eigenvalue weighted by Crippen LogP contribution is 2.31. The average Bonchev–Trinajstić information content (AvgIpc) is 3.29. The monoisotopic (exact) mass is 338 g/mol. The van der Waals surface area contributed by atoms with Gasteiger partial charge in [0.1, 0.15) is 4.88 Å². The molecule has 0 bridgehead atoms. The molecule has 4 rings (SSSR count). The summed E-state index contributed by atoms with van der Waals surface area (Å²) in [7, 11) is 0. The maximum Gasteiger partial charge on any atom is 0.345 e. The summed E-state index contributed by atoms with van der Waals surface area (Å²) in [6, 6.07) is 12.6. The number of aromatic carboxylic acids is 1. The zero-order valence-electron chi connectivity index (χ0n) is 12.7. The van der Waals surface area contributed by atoms with Gasteiger partial charge in [-0.25, -0.2) is 4.79 Å². The molecule has 0 fully saturated rings. The van der Waals surface area contributed by atoms with Crippen LogP contribution in [0.2, 0.25) is 0 Å². The minimum Gasteiger partial charge on any atom is -0.477 e. The van der Waals surface area contributed by atoms with Gasteiger partial charge in [-0.1, -0.05) is 18.2 Å². The third-order valence-electron chi connectivity index (χ3n) is 4.23. The standard InChI is InChI=1S/C18H14N2O3S/c21-17(11-4-2-1-3-5-11)20-9-12-8-19-16(13(12)10-20)14-6-7-15(24-14)18(22)23/h1-7H,8-10H2,(H,22,23). The van der Waals surface area contributed by atoms with Gasteiger partial charge in [0.15, 0.2) is 0 Å². The SMILES string of the molecule is O=C(O)c1ccc(C2=NCC3=C2CN(C(=O)c2ccccc2)C3)s1. The van der Waals surface area contributed by atoms with Gasteiger partial charge in [0.05, 0.1) is 17.1 Å². The Balaban J connectivity index is 1.54. The first kappa shape index (κ1) is 14.8. The van der Waals surface area contributed by atoms with Gasteiger partial charge in [0.2, 0.25) is 0 Å². The summed E-state index contributed by atoms with van der Waals surface area (Å²) < 4.78 is 0. The maximum absolute atomic E-state index is 12.6. The van der Waals surface area contributed by atoms with Gasteiger partial charge in [0.25, 0.3) is 5.91 Å². The van der Waals surface area contributed by atoms with Gasteiger partial charge in [-0.05, 0) is 29.8 Å². The zero-order valence-corrected chi connectivity index (χ0v) is 13.5. The van der Waals surface area contributed by atoms with Crippen LogP contribution < -0.4 is 0 Å². The summed E-state index contributed by atoms with van der Waals surface area (Å²) in [6.45, 7) is 1.71. The van der Waals surface area contributed by atoms with Crippen LogP contribution in [-0.4, -0.2) is 47.2 Å². The number of hydrogen-bond donors (Lipinski definition) is 1. The summed E-state index contributed by atoms with van der Waals surface area (Å²) in [5.41, 5.74) is 3.74. The first-order valence-corrected chi connectivity index (χ1v) is 8.38. The number of nitrogens with zero attached hydrogens (tertiary/aromatic N) is 2. The molecule has 1 amide bonds. The zero-order chi connectivity index (χ0) is 16.7. The van der Waals surface area contributed by atoms with E-state index in [2.05, 4.69) is 4.99 Å². The number of carboxylic acid groups (broad SMARTS) is 1. The highest BCUT2D eigenvalue weighted by Gasteiger charge is 2.32. The average molecular weight is 338 g/mol. The number of carbonyl (C=O) groups is 2. The van der Waals surface area contributed by atoms with Crippen LogP contribution in [0.4, 0.5) is 0 Å². The number of thiophene rings is 1. The minimum atomic E-state index is -0.925. The van der Waals surface area contributed by atoms with Crippen molar-refractivity contribution in [1.29, 1.82) is 0 Å². The van der Waals surface area contributed by atoms with Gasteiger partial charge in [-0.15, -0.1) is 11.3 Å². The predicted octanol–water partition coefficient (Wildman–Crippen LogP) is 2.70. The Hall–Kier alpha value is -2.73. The van der Waals surface area contributed by atoms with Gasteiger partial charge >= 0.3 is 5.97 Å². The van der Waals surface area contributed by atoms with E-state index in [0.29, 0.717) is 30.1 Å². The van der Waals surface area contributed by atoms with Gasteiger partial charge in [-0.2, -0.15) is 0 Å². The minimum absolute atomic E-state index is 0.0155. The Morgan fingerprint density at radius 3 is 2.58 bits per heavy atom. The van der Waals surface area contributed by atoms with E-state index in [9.17, 15) is 9.59 Å². The van der Waals surface area contributed by atoms with Crippen molar-refractivity contribution < 1.29 is 14.7 Å². The smallest absolute Gasteiger partial charge is 0.345 e. The fraction of sp³-hybridized carbons (Fsp3) is 0.167. The predicted molar refractivity (Wildman–Crippen MR) is 92.1 cm³/mol. The molecule has 0 aliphatic carbocycles. The molecule has 0 spiro atoms. The second-order valence-corrected chi connectivity index (χ2v) is 6.83. The van der Waals surface area contributed by atoms with Crippen molar-refractivity contribution in [2.75, 3.05) is 19.6 Å². The topological polar surface area (TPSA) is 70.0 Å². The Morgan fingerprint density at radius 2 is 1.88 bits per heavy atom. The number of hydrogen-bond acceptors (Lipinski definition) is 4. The van der Waals surface area contributed by atoms with E-state index < -0.39 is 5.97 Å². The molecule has 0 radical (unpaired) electrons. The first-order chi connectivity index (χ1) is 11.6. The van der Waals surface area contributed by atoms with E-state index in [4.69, 9.17) is 5.11 Å². The molecule has 24 heavy (non-hydrogen) atoms. The molecule has 6 heteroatoms. The van der Waals surface area contributed by atoms with Crippen LogP contribution in [0.15, 0.2) is 58.6 Å².